The fourth-order valence-electron chi connectivity index (χ4n) is 1.91. The van der Waals surface area contributed by atoms with E-state index in [1.54, 1.807) is 12.1 Å². The van der Waals surface area contributed by atoms with Gasteiger partial charge in [-0.05, 0) is 49.7 Å². The van der Waals surface area contributed by atoms with Crippen LogP contribution in [0.15, 0.2) is 29.2 Å². The van der Waals surface area contributed by atoms with Crippen molar-refractivity contribution in [2.45, 2.75) is 11.3 Å². The molecular formula is C11H17N3O2S. The maximum absolute atomic E-state index is 11.1. The molecule has 1 aromatic carbocycles. The number of hydrogen-bond acceptors (Lipinski definition) is 4. The minimum atomic E-state index is -3.59. The van der Waals surface area contributed by atoms with Crippen molar-refractivity contribution in [2.24, 2.45) is 11.1 Å². The number of hydrogen-bond donors (Lipinski definition) is 3. The van der Waals surface area contributed by atoms with E-state index >= 15 is 0 Å². The lowest BCUT2D eigenvalue weighted by Crippen LogP contribution is -2.17. The molecule has 0 aliphatic carbocycles. The van der Waals surface area contributed by atoms with E-state index in [2.05, 4.69) is 10.6 Å². The van der Waals surface area contributed by atoms with Gasteiger partial charge in [0.2, 0.25) is 10.0 Å². The van der Waals surface area contributed by atoms with Gasteiger partial charge in [0.05, 0.1) is 4.90 Å². The highest BCUT2D eigenvalue weighted by Gasteiger charge is 2.13. The number of nitrogens with one attached hydrogen (secondary N) is 2. The predicted molar refractivity (Wildman–Crippen MR) is 67.3 cm³/mol. The van der Waals surface area contributed by atoms with Crippen LogP contribution >= 0.6 is 0 Å². The molecule has 0 bridgehead atoms. The van der Waals surface area contributed by atoms with Gasteiger partial charge in [0.1, 0.15) is 0 Å². The average Bonchev–Trinajstić information content (AvgIpc) is 2.78. The lowest BCUT2D eigenvalue weighted by Gasteiger charge is -2.11. The lowest BCUT2D eigenvalue weighted by atomic mass is 10.1. The van der Waals surface area contributed by atoms with Crippen LogP contribution in [-0.2, 0) is 10.0 Å². The van der Waals surface area contributed by atoms with Crippen molar-refractivity contribution in [2.75, 3.05) is 25.0 Å². The Labute approximate surface area is 101 Å². The van der Waals surface area contributed by atoms with Crippen LogP contribution in [0.3, 0.4) is 0 Å². The molecule has 1 aliphatic heterocycles. The van der Waals surface area contributed by atoms with E-state index in [9.17, 15) is 8.42 Å². The Morgan fingerprint density at radius 3 is 2.59 bits per heavy atom. The molecule has 1 fully saturated rings. The van der Waals surface area contributed by atoms with Crippen molar-refractivity contribution in [3.05, 3.63) is 24.3 Å². The van der Waals surface area contributed by atoms with Crippen LogP contribution in [0.1, 0.15) is 6.42 Å². The first kappa shape index (κ1) is 12.3. The van der Waals surface area contributed by atoms with E-state index < -0.39 is 10.0 Å². The van der Waals surface area contributed by atoms with Crippen molar-refractivity contribution in [3.63, 3.8) is 0 Å². The van der Waals surface area contributed by atoms with E-state index in [1.807, 2.05) is 0 Å². The highest BCUT2D eigenvalue weighted by molar-refractivity contribution is 7.89. The van der Waals surface area contributed by atoms with Gasteiger partial charge in [-0.2, -0.15) is 0 Å². The van der Waals surface area contributed by atoms with Gasteiger partial charge in [0, 0.05) is 12.2 Å². The number of anilines is 1. The second-order valence-corrected chi connectivity index (χ2v) is 5.87. The molecule has 1 aliphatic rings. The molecule has 2 rings (SSSR count). The minimum Gasteiger partial charge on any atom is -0.385 e. The van der Waals surface area contributed by atoms with Crippen LogP contribution in [-0.4, -0.2) is 28.1 Å². The zero-order valence-corrected chi connectivity index (χ0v) is 10.3. The Morgan fingerprint density at radius 1 is 1.35 bits per heavy atom. The third kappa shape index (κ3) is 3.42. The van der Waals surface area contributed by atoms with E-state index in [4.69, 9.17) is 5.14 Å². The third-order valence-corrected chi connectivity index (χ3v) is 3.87. The number of benzene rings is 1. The quantitative estimate of drug-likeness (QED) is 0.725. The molecule has 6 heteroatoms. The molecule has 1 atom stereocenters. The van der Waals surface area contributed by atoms with Gasteiger partial charge in [-0.3, -0.25) is 0 Å². The van der Waals surface area contributed by atoms with Crippen molar-refractivity contribution in [3.8, 4) is 0 Å². The van der Waals surface area contributed by atoms with Crippen LogP contribution in [0.2, 0.25) is 0 Å². The second kappa shape index (κ2) is 5.03. The molecule has 1 saturated heterocycles. The zero-order valence-electron chi connectivity index (χ0n) is 9.52. The molecule has 0 radical (unpaired) electrons. The Bertz CT molecular complexity index is 464. The minimum absolute atomic E-state index is 0.144. The number of primary sulfonamides is 1. The molecule has 5 nitrogen and oxygen atoms in total. The van der Waals surface area contributed by atoms with Crippen LogP contribution in [0.5, 0.6) is 0 Å². The standard InChI is InChI=1S/C11H17N3O2S/c12-17(15,16)11-3-1-10(2-4-11)14-8-9-5-6-13-7-9/h1-4,9,13-14H,5-8H2,(H2,12,15,16). The molecule has 0 amide bonds. The topological polar surface area (TPSA) is 84.2 Å². The summed E-state index contributed by atoms with van der Waals surface area (Å²) in [6, 6.07) is 6.51. The lowest BCUT2D eigenvalue weighted by molar-refractivity contribution is 0.597. The summed E-state index contributed by atoms with van der Waals surface area (Å²) in [4.78, 5) is 0.144. The molecule has 17 heavy (non-hydrogen) atoms. The fourth-order valence-corrected chi connectivity index (χ4v) is 2.43. The van der Waals surface area contributed by atoms with Crippen molar-refractivity contribution in [1.82, 2.24) is 5.32 Å². The molecule has 1 unspecified atom stereocenters. The van der Waals surface area contributed by atoms with Gasteiger partial charge in [0.15, 0.2) is 0 Å². The molecule has 0 saturated carbocycles. The van der Waals surface area contributed by atoms with Crippen molar-refractivity contribution < 1.29 is 8.42 Å². The molecule has 94 valence electrons. The van der Waals surface area contributed by atoms with Crippen LogP contribution < -0.4 is 15.8 Å². The van der Waals surface area contributed by atoms with Crippen LogP contribution in [0.4, 0.5) is 5.69 Å². The largest absolute Gasteiger partial charge is 0.385 e. The Morgan fingerprint density at radius 2 is 2.06 bits per heavy atom. The first-order chi connectivity index (χ1) is 8.05. The van der Waals surface area contributed by atoms with E-state index in [0.717, 1.165) is 25.3 Å². The number of rotatable bonds is 4. The highest BCUT2D eigenvalue weighted by atomic mass is 32.2. The second-order valence-electron chi connectivity index (χ2n) is 4.31. The third-order valence-electron chi connectivity index (χ3n) is 2.94. The Balaban J connectivity index is 1.94. The Kier molecular flexibility index (Phi) is 3.66. The van der Waals surface area contributed by atoms with Gasteiger partial charge in [-0.1, -0.05) is 0 Å². The SMILES string of the molecule is NS(=O)(=O)c1ccc(NCC2CCNC2)cc1. The van der Waals surface area contributed by atoms with Gasteiger partial charge < -0.3 is 10.6 Å². The number of sulfonamides is 1. The molecule has 0 aromatic heterocycles. The summed E-state index contributed by atoms with van der Waals surface area (Å²) < 4.78 is 22.1. The van der Waals surface area contributed by atoms with Crippen molar-refractivity contribution >= 4 is 15.7 Å². The normalized spacial score (nSPS) is 20.4. The summed E-state index contributed by atoms with van der Waals surface area (Å²) in [5, 5.41) is 11.6. The summed E-state index contributed by atoms with van der Waals surface area (Å²) in [7, 11) is -3.59. The van der Waals surface area contributed by atoms with Gasteiger partial charge >= 0.3 is 0 Å². The van der Waals surface area contributed by atoms with Crippen LogP contribution in [0, 0.1) is 5.92 Å². The van der Waals surface area contributed by atoms with E-state index in [1.165, 1.54) is 18.6 Å². The fraction of sp³-hybridized carbons (Fsp3) is 0.455. The monoisotopic (exact) mass is 255 g/mol. The smallest absolute Gasteiger partial charge is 0.238 e. The van der Waals surface area contributed by atoms with Gasteiger partial charge in [-0.25, -0.2) is 13.6 Å². The zero-order chi connectivity index (χ0) is 12.3. The van der Waals surface area contributed by atoms with E-state index in [0.29, 0.717) is 5.92 Å². The summed E-state index contributed by atoms with van der Waals surface area (Å²) in [6.45, 7) is 3.03. The summed E-state index contributed by atoms with van der Waals surface area (Å²) >= 11 is 0. The maximum atomic E-state index is 11.1. The average molecular weight is 255 g/mol. The highest BCUT2D eigenvalue weighted by Crippen LogP contribution is 2.14. The molecule has 0 spiro atoms. The molecule has 1 heterocycles. The summed E-state index contributed by atoms with van der Waals surface area (Å²) in [5.74, 6) is 0.646. The maximum Gasteiger partial charge on any atom is 0.238 e. The Hall–Kier alpha value is -1.11. The number of nitrogens with two attached hydrogens (primary N) is 1. The predicted octanol–water partition coefficient (Wildman–Crippen LogP) is 0.355. The van der Waals surface area contributed by atoms with E-state index in [-0.39, 0.29) is 4.90 Å². The molecule has 4 N–H and O–H groups in total. The van der Waals surface area contributed by atoms with Gasteiger partial charge in [-0.15, -0.1) is 0 Å². The van der Waals surface area contributed by atoms with Crippen LogP contribution in [0.25, 0.3) is 0 Å². The molecule has 1 aromatic rings. The van der Waals surface area contributed by atoms with Crippen molar-refractivity contribution in [1.29, 1.82) is 0 Å². The van der Waals surface area contributed by atoms with Gasteiger partial charge in [0.25, 0.3) is 0 Å². The summed E-state index contributed by atoms with van der Waals surface area (Å²) in [5.41, 5.74) is 0.921. The first-order valence-electron chi connectivity index (χ1n) is 5.63. The molecular weight excluding hydrogens is 238 g/mol. The first-order valence-corrected chi connectivity index (χ1v) is 7.18. The summed E-state index contributed by atoms with van der Waals surface area (Å²) in [6.07, 6.45) is 1.18.